The van der Waals surface area contributed by atoms with Crippen LogP contribution in [0.4, 0.5) is 0 Å². The first-order valence-corrected chi connectivity index (χ1v) is 5.12. The fourth-order valence-corrected chi connectivity index (χ4v) is 1.78. The third-order valence-electron chi connectivity index (χ3n) is 2.61. The normalized spacial score (nSPS) is 12.1. The monoisotopic (exact) mass is 192 g/mol. The van der Waals surface area contributed by atoms with Gasteiger partial charge in [0.1, 0.15) is 0 Å². The van der Waals surface area contributed by atoms with Crippen molar-refractivity contribution < 1.29 is 9.15 Å². The minimum atomic E-state index is 0.530. The van der Waals surface area contributed by atoms with Crippen molar-refractivity contribution in [3.05, 3.63) is 23.3 Å². The van der Waals surface area contributed by atoms with E-state index in [1.54, 1.807) is 0 Å². The molecule has 0 spiro atoms. The summed E-state index contributed by atoms with van der Waals surface area (Å²) < 4.78 is 9.80. The molecule has 0 atom stereocenters. The second-order valence-electron chi connectivity index (χ2n) is 4.40. The van der Waals surface area contributed by atoms with Crippen molar-refractivity contribution in [1.82, 2.24) is 0 Å². The zero-order valence-electron chi connectivity index (χ0n) is 9.13. The lowest BCUT2D eigenvalue weighted by molar-refractivity contribution is 0.0587. The first kappa shape index (κ1) is 9.38. The highest BCUT2D eigenvalue weighted by Gasteiger charge is 2.15. The van der Waals surface area contributed by atoms with Gasteiger partial charge in [-0.3, -0.25) is 9.15 Å². The third kappa shape index (κ3) is 1.35. The van der Waals surface area contributed by atoms with Crippen molar-refractivity contribution in [1.29, 1.82) is 0 Å². The van der Waals surface area contributed by atoms with Gasteiger partial charge in [-0.25, -0.2) is 0 Å². The second kappa shape index (κ2) is 3.19. The Morgan fingerprint density at radius 2 is 1.14 bits per heavy atom. The average Bonchev–Trinajstić information content (AvgIpc) is 2.05. The summed E-state index contributed by atoms with van der Waals surface area (Å²) in [6, 6.07) is 4.19. The molecule has 0 aliphatic rings. The summed E-state index contributed by atoms with van der Waals surface area (Å²) in [5, 5.41) is 0. The van der Waals surface area contributed by atoms with Gasteiger partial charge in [0.05, 0.1) is 0 Å². The number of hydrogen-bond donors (Lipinski definition) is 0. The zero-order chi connectivity index (χ0) is 10.3. The Kier molecular flexibility index (Phi) is 2.14. The van der Waals surface area contributed by atoms with Crippen LogP contribution in [0.2, 0.25) is 0 Å². The molecule has 76 valence electrons. The molecule has 0 bridgehead atoms. The van der Waals surface area contributed by atoms with Crippen molar-refractivity contribution in [3.8, 4) is 0 Å². The van der Waals surface area contributed by atoms with Gasteiger partial charge in [-0.05, 0) is 35.1 Å². The molecule has 2 aromatic rings. The SMILES string of the molecule is CC(C)c1cc2ooc2cc1C(C)C. The topological polar surface area (TPSA) is 26.3 Å². The maximum atomic E-state index is 4.90. The Hall–Kier alpha value is -1.18. The van der Waals surface area contributed by atoms with Gasteiger partial charge in [-0.2, -0.15) is 0 Å². The molecule has 0 saturated heterocycles. The van der Waals surface area contributed by atoms with Crippen LogP contribution in [0, 0.1) is 0 Å². The van der Waals surface area contributed by atoms with Crippen molar-refractivity contribution in [2.75, 3.05) is 0 Å². The number of fused-ring (bicyclic) bond motifs is 1. The molecule has 2 rings (SSSR count). The van der Waals surface area contributed by atoms with Crippen LogP contribution in [0.25, 0.3) is 11.2 Å². The molecule has 0 radical (unpaired) electrons. The summed E-state index contributed by atoms with van der Waals surface area (Å²) in [7, 11) is 0. The summed E-state index contributed by atoms with van der Waals surface area (Å²) in [4.78, 5) is 0. The van der Waals surface area contributed by atoms with Crippen LogP contribution >= 0.6 is 0 Å². The van der Waals surface area contributed by atoms with E-state index in [1.165, 1.54) is 11.1 Å². The largest absolute Gasteiger partial charge is 0.286 e. The minimum absolute atomic E-state index is 0.530. The Morgan fingerprint density at radius 3 is 1.36 bits per heavy atom. The van der Waals surface area contributed by atoms with Crippen LogP contribution < -0.4 is 0 Å². The lowest BCUT2D eigenvalue weighted by atomic mass is 9.90. The maximum absolute atomic E-state index is 4.90. The first-order valence-electron chi connectivity index (χ1n) is 5.12. The molecular weight excluding hydrogens is 176 g/mol. The fraction of sp³-hybridized carbons (Fsp3) is 0.500. The molecule has 0 unspecified atom stereocenters. The van der Waals surface area contributed by atoms with Gasteiger partial charge in [0.2, 0.25) is 11.2 Å². The van der Waals surface area contributed by atoms with Gasteiger partial charge in [0, 0.05) is 0 Å². The summed E-state index contributed by atoms with van der Waals surface area (Å²) in [5.74, 6) is 1.06. The van der Waals surface area contributed by atoms with E-state index in [9.17, 15) is 0 Å². The van der Waals surface area contributed by atoms with E-state index in [-0.39, 0.29) is 0 Å². The summed E-state index contributed by atoms with van der Waals surface area (Å²) in [6.07, 6.45) is 0. The average molecular weight is 192 g/mol. The van der Waals surface area contributed by atoms with E-state index in [0.29, 0.717) is 11.8 Å². The quantitative estimate of drug-likeness (QED) is 0.664. The lowest BCUT2D eigenvalue weighted by Gasteiger charge is -2.16. The molecule has 0 N–H and O–H groups in total. The summed E-state index contributed by atoms with van der Waals surface area (Å²) >= 11 is 0. The Morgan fingerprint density at radius 1 is 0.786 bits per heavy atom. The maximum Gasteiger partial charge on any atom is 0.226 e. The van der Waals surface area contributed by atoms with Crippen LogP contribution in [0.15, 0.2) is 21.3 Å². The van der Waals surface area contributed by atoms with E-state index in [4.69, 9.17) is 9.15 Å². The summed E-state index contributed by atoms with van der Waals surface area (Å²) in [5.41, 5.74) is 4.47. The molecule has 2 nitrogen and oxygen atoms in total. The van der Waals surface area contributed by atoms with Gasteiger partial charge in [0.15, 0.2) is 0 Å². The number of rotatable bonds is 2. The fourth-order valence-electron chi connectivity index (χ4n) is 1.78. The van der Waals surface area contributed by atoms with Crippen molar-refractivity contribution in [2.45, 2.75) is 39.5 Å². The molecule has 0 fully saturated rings. The van der Waals surface area contributed by atoms with Gasteiger partial charge in [-0.1, -0.05) is 27.7 Å². The first-order chi connectivity index (χ1) is 6.59. The lowest BCUT2D eigenvalue weighted by Crippen LogP contribution is -1.99. The van der Waals surface area contributed by atoms with E-state index in [0.717, 1.165) is 11.2 Å². The predicted octanol–water partition coefficient (Wildman–Crippen LogP) is 4.27. The Labute approximate surface area is 83.8 Å². The molecule has 0 aliphatic carbocycles. The molecular formula is C12H16O2. The summed E-state index contributed by atoms with van der Waals surface area (Å²) in [6.45, 7) is 8.81. The molecule has 2 heteroatoms. The third-order valence-corrected chi connectivity index (χ3v) is 2.61. The van der Waals surface area contributed by atoms with Gasteiger partial charge in [0.25, 0.3) is 0 Å². The van der Waals surface area contributed by atoms with Crippen molar-refractivity contribution in [2.24, 2.45) is 0 Å². The van der Waals surface area contributed by atoms with Gasteiger partial charge < -0.3 is 0 Å². The van der Waals surface area contributed by atoms with Crippen LogP contribution in [-0.4, -0.2) is 0 Å². The Bertz CT molecular complexity index is 391. The highest BCUT2D eigenvalue weighted by atomic mass is 17.0. The van der Waals surface area contributed by atoms with E-state index < -0.39 is 0 Å². The van der Waals surface area contributed by atoms with E-state index >= 15 is 0 Å². The van der Waals surface area contributed by atoms with Crippen molar-refractivity contribution >= 4 is 11.2 Å². The van der Waals surface area contributed by atoms with Crippen molar-refractivity contribution in [3.63, 3.8) is 0 Å². The van der Waals surface area contributed by atoms with E-state index in [2.05, 4.69) is 39.8 Å². The molecule has 1 aromatic heterocycles. The molecule has 0 aliphatic heterocycles. The zero-order valence-corrected chi connectivity index (χ0v) is 9.13. The smallest absolute Gasteiger partial charge is 0.226 e. The highest BCUT2D eigenvalue weighted by molar-refractivity contribution is 5.73. The molecule has 1 aromatic carbocycles. The molecule has 14 heavy (non-hydrogen) atoms. The van der Waals surface area contributed by atoms with Gasteiger partial charge >= 0.3 is 0 Å². The Balaban J connectivity index is 2.59. The number of hydrogen-bond acceptors (Lipinski definition) is 2. The van der Waals surface area contributed by atoms with Crippen LogP contribution in [-0.2, 0) is 0 Å². The van der Waals surface area contributed by atoms with Crippen LogP contribution in [0.3, 0.4) is 0 Å². The minimum Gasteiger partial charge on any atom is -0.286 e. The second-order valence-corrected chi connectivity index (χ2v) is 4.40. The van der Waals surface area contributed by atoms with Gasteiger partial charge in [-0.15, -0.1) is 0 Å². The highest BCUT2D eigenvalue weighted by Crippen LogP contribution is 2.32. The molecule has 0 amide bonds. The van der Waals surface area contributed by atoms with Crippen LogP contribution in [0.5, 0.6) is 0 Å². The van der Waals surface area contributed by atoms with E-state index in [1.807, 2.05) is 0 Å². The standard InChI is InChI=1S/C12H16O2/c1-7(2)9-5-11-12(14-13-11)6-10(9)8(3)4/h5-8H,1-4H3. The predicted molar refractivity (Wildman–Crippen MR) is 56.7 cm³/mol. The van der Waals surface area contributed by atoms with Crippen LogP contribution in [0.1, 0.15) is 50.7 Å². The number of benzene rings is 1. The molecule has 0 saturated carbocycles. The molecule has 1 heterocycles.